The van der Waals surface area contributed by atoms with Crippen LogP contribution in [0.2, 0.25) is 0 Å². The first-order valence-electron chi connectivity index (χ1n) is 1.38. The van der Waals surface area contributed by atoms with Crippen molar-refractivity contribution in [2.75, 3.05) is 0 Å². The van der Waals surface area contributed by atoms with Crippen LogP contribution in [0.25, 0.3) is 0 Å². The molecule has 0 aliphatic heterocycles. The fraction of sp³-hybridized carbons (Fsp3) is 0.333. The van der Waals surface area contributed by atoms with Gasteiger partial charge in [0.15, 0.2) is 0 Å². The topological polar surface area (TPSA) is 0 Å². The molecule has 0 aliphatic rings. The third kappa shape index (κ3) is 337. The molecule has 50 valence electrons. The number of rotatable bonds is 0. The second-order valence-corrected chi connectivity index (χ2v) is 3.03. The average Bonchev–Trinajstić information content (AvgIpc) is 1.27. The van der Waals surface area contributed by atoms with E-state index in [1.165, 1.54) is 5.54 Å². The lowest BCUT2D eigenvalue weighted by molar-refractivity contribution is 0.507. The molecule has 8 heavy (non-hydrogen) atoms. The lowest BCUT2D eigenvalue weighted by atomic mass is 11.3. The fourth-order valence-corrected chi connectivity index (χ4v) is 0. The van der Waals surface area contributed by atoms with Crippen LogP contribution in [0.3, 0.4) is 0 Å². The first-order valence-corrected chi connectivity index (χ1v) is 2.95. The van der Waals surface area contributed by atoms with Crippen molar-refractivity contribution < 1.29 is 4.39 Å². The molecule has 0 N–H and O–H groups in total. The standard InChI is InChI=1S/C2H3Cl.CCl3F/c1-2-3;2-1(3,4)5/h2H,1H2;. The average molecular weight is 200 g/mol. The lowest BCUT2D eigenvalue weighted by Crippen LogP contribution is -1.83. The second-order valence-electron chi connectivity index (χ2n) is 0.583. The highest BCUT2D eigenvalue weighted by molar-refractivity contribution is 6.66. The molecule has 0 aromatic rings. The largest absolute Gasteiger partial charge is 0.333 e. The summed E-state index contributed by atoms with van der Waals surface area (Å²) in [6.45, 7) is 3.13. The Labute approximate surface area is 67.2 Å². The van der Waals surface area contributed by atoms with E-state index in [-0.39, 0.29) is 0 Å². The summed E-state index contributed by atoms with van der Waals surface area (Å²) >= 11 is 17.9. The summed E-state index contributed by atoms with van der Waals surface area (Å²) in [7, 11) is 0. The summed E-state index contributed by atoms with van der Waals surface area (Å²) < 4.78 is 8.40. The van der Waals surface area contributed by atoms with Crippen LogP contribution in [-0.2, 0) is 0 Å². The molecule has 0 saturated heterocycles. The van der Waals surface area contributed by atoms with E-state index >= 15 is 0 Å². The fourth-order valence-electron chi connectivity index (χ4n) is 0. The highest BCUT2D eigenvalue weighted by Gasteiger charge is 2.14. The Bertz CT molecular complexity index is 50.8. The van der Waals surface area contributed by atoms with E-state index in [4.69, 9.17) is 11.6 Å². The third-order valence-electron chi connectivity index (χ3n) is 0. The van der Waals surface area contributed by atoms with Crippen molar-refractivity contribution in [1.82, 2.24) is 0 Å². The van der Waals surface area contributed by atoms with Crippen molar-refractivity contribution in [3.63, 3.8) is 0 Å². The van der Waals surface area contributed by atoms with Gasteiger partial charge in [0, 0.05) is 0 Å². The molecule has 0 aromatic carbocycles. The first kappa shape index (κ1) is 11.6. The van der Waals surface area contributed by atoms with E-state index < -0.39 is 4.05 Å². The van der Waals surface area contributed by atoms with Gasteiger partial charge in [0.25, 0.3) is 0 Å². The van der Waals surface area contributed by atoms with Crippen LogP contribution in [0.1, 0.15) is 0 Å². The molecule has 0 heterocycles. The Kier molecular flexibility index (Phi) is 8.64. The van der Waals surface area contributed by atoms with Crippen molar-refractivity contribution in [2.45, 2.75) is 4.05 Å². The van der Waals surface area contributed by atoms with Crippen molar-refractivity contribution in [2.24, 2.45) is 0 Å². The SMILES string of the molecule is C=CCl.FC(Cl)(Cl)Cl. The molecular weight excluding hydrogens is 197 g/mol. The van der Waals surface area contributed by atoms with Crippen molar-refractivity contribution in [3.05, 3.63) is 12.1 Å². The molecule has 0 aliphatic carbocycles. The van der Waals surface area contributed by atoms with Gasteiger partial charge >= 0.3 is 4.05 Å². The second kappa shape index (κ2) is 5.96. The number of hydrogen-bond acceptors (Lipinski definition) is 0. The summed E-state index contributed by atoms with van der Waals surface area (Å²) in [5.74, 6) is 0. The molecule has 0 spiro atoms. The predicted molar refractivity (Wildman–Crippen MR) is 37.4 cm³/mol. The van der Waals surface area contributed by atoms with Gasteiger partial charge in [0.1, 0.15) is 0 Å². The summed E-state index contributed by atoms with van der Waals surface area (Å²) in [4.78, 5) is 0. The zero-order valence-electron chi connectivity index (χ0n) is 3.67. The summed E-state index contributed by atoms with van der Waals surface area (Å²) in [5.41, 5.74) is 1.22. The maximum absolute atomic E-state index is 11.0. The van der Waals surface area contributed by atoms with Crippen molar-refractivity contribution in [1.29, 1.82) is 0 Å². The summed E-state index contributed by atoms with van der Waals surface area (Å²) in [6.07, 6.45) is 0. The Morgan fingerprint density at radius 1 is 1.38 bits per heavy atom. The Morgan fingerprint density at radius 2 is 1.38 bits per heavy atom. The minimum atomic E-state index is -2.58. The van der Waals surface area contributed by atoms with Crippen LogP contribution in [0, 0.1) is 0 Å². The molecule has 0 rings (SSSR count). The van der Waals surface area contributed by atoms with Crippen LogP contribution >= 0.6 is 46.4 Å². The van der Waals surface area contributed by atoms with Crippen LogP contribution in [0.15, 0.2) is 12.1 Å². The zero-order chi connectivity index (χ0) is 7.21. The van der Waals surface area contributed by atoms with E-state index in [0.29, 0.717) is 0 Å². The molecule has 0 unspecified atom stereocenters. The number of halogens is 5. The maximum Gasteiger partial charge on any atom is 0.333 e. The monoisotopic (exact) mass is 198 g/mol. The van der Waals surface area contributed by atoms with E-state index in [9.17, 15) is 4.39 Å². The van der Waals surface area contributed by atoms with E-state index in [1.54, 1.807) is 0 Å². The smallest absolute Gasteiger partial charge is 0.189 e. The minimum Gasteiger partial charge on any atom is -0.189 e. The van der Waals surface area contributed by atoms with Gasteiger partial charge in [0.2, 0.25) is 0 Å². The van der Waals surface area contributed by atoms with Gasteiger partial charge in [-0.2, -0.15) is 4.39 Å². The van der Waals surface area contributed by atoms with E-state index in [0.717, 1.165) is 0 Å². The van der Waals surface area contributed by atoms with Crippen LogP contribution < -0.4 is 0 Å². The van der Waals surface area contributed by atoms with Gasteiger partial charge in [-0.15, -0.1) is 0 Å². The van der Waals surface area contributed by atoms with Crippen LogP contribution in [-0.4, -0.2) is 4.05 Å². The molecule has 0 nitrogen and oxygen atoms in total. The van der Waals surface area contributed by atoms with Crippen LogP contribution in [0.4, 0.5) is 4.39 Å². The minimum absolute atomic E-state index is 1.22. The van der Waals surface area contributed by atoms with E-state index in [1.807, 2.05) is 0 Å². The summed E-state index contributed by atoms with van der Waals surface area (Å²) in [6, 6.07) is 0. The first-order chi connectivity index (χ1) is 3.41. The molecule has 0 amide bonds. The lowest BCUT2D eigenvalue weighted by Gasteiger charge is -1.89. The molecule has 0 fully saturated rings. The van der Waals surface area contributed by atoms with Crippen molar-refractivity contribution >= 4 is 46.4 Å². The van der Waals surface area contributed by atoms with Gasteiger partial charge in [-0.25, -0.2) is 0 Å². The zero-order valence-corrected chi connectivity index (χ0v) is 6.70. The van der Waals surface area contributed by atoms with Gasteiger partial charge < -0.3 is 0 Å². The number of hydrogen-bond donors (Lipinski definition) is 0. The Hall–Kier alpha value is 0.830. The third-order valence-corrected chi connectivity index (χ3v) is 0. The highest BCUT2D eigenvalue weighted by atomic mass is 35.6. The molecule has 0 bridgehead atoms. The van der Waals surface area contributed by atoms with Crippen molar-refractivity contribution in [3.8, 4) is 0 Å². The van der Waals surface area contributed by atoms with Gasteiger partial charge in [-0.1, -0.05) is 18.2 Å². The molecular formula is C3H3Cl4F. The normalized spacial score (nSPS) is 9.12. The maximum atomic E-state index is 11.0. The van der Waals surface area contributed by atoms with Gasteiger partial charge in [-0.3, -0.25) is 0 Å². The quantitative estimate of drug-likeness (QED) is 0.523. The molecule has 0 saturated carbocycles. The van der Waals surface area contributed by atoms with Crippen LogP contribution in [0.5, 0.6) is 0 Å². The molecule has 5 heteroatoms. The Morgan fingerprint density at radius 3 is 1.38 bits per heavy atom. The molecule has 0 aromatic heterocycles. The van der Waals surface area contributed by atoms with Gasteiger partial charge in [0.05, 0.1) is 0 Å². The highest BCUT2D eigenvalue weighted by Crippen LogP contribution is 2.26. The van der Waals surface area contributed by atoms with Gasteiger partial charge in [-0.05, 0) is 40.3 Å². The number of alkyl halides is 4. The summed E-state index contributed by atoms with van der Waals surface area (Å²) in [5, 5.41) is 0. The molecule has 0 atom stereocenters. The van der Waals surface area contributed by atoms with E-state index in [2.05, 4.69) is 41.4 Å². The predicted octanol–water partition coefficient (Wildman–Crippen LogP) is 3.65. The Balaban J connectivity index is 0. The molecule has 0 radical (unpaired) electrons.